The van der Waals surface area contributed by atoms with Crippen molar-refractivity contribution >= 4 is 22.2 Å². The van der Waals surface area contributed by atoms with Gasteiger partial charge in [0.05, 0.1) is 11.2 Å². The van der Waals surface area contributed by atoms with Gasteiger partial charge in [-0.2, -0.15) is 0 Å². The first-order valence-corrected chi connectivity index (χ1v) is 8.07. The highest BCUT2D eigenvalue weighted by atomic mass is 32.1. The van der Waals surface area contributed by atoms with Gasteiger partial charge in [-0.15, -0.1) is 11.3 Å². The van der Waals surface area contributed by atoms with Crippen LogP contribution in [-0.2, 0) is 0 Å². The minimum absolute atomic E-state index is 0.239. The fourth-order valence-corrected chi connectivity index (χ4v) is 3.55. The molecule has 4 aromatic rings. The zero-order valence-electron chi connectivity index (χ0n) is 12.1. The average molecular weight is 321 g/mol. The monoisotopic (exact) mass is 321 g/mol. The van der Waals surface area contributed by atoms with Gasteiger partial charge in [-0.25, -0.2) is 4.39 Å². The Bertz CT molecular complexity index is 1050. The maximum Gasteiger partial charge on any atom is 0.256 e. The highest BCUT2D eigenvalue weighted by Crippen LogP contribution is 2.31. The molecule has 0 spiro atoms. The second-order valence-electron chi connectivity index (χ2n) is 5.18. The zero-order valence-corrected chi connectivity index (χ0v) is 12.9. The Hall–Kier alpha value is -2.72. The number of benzene rings is 2. The van der Waals surface area contributed by atoms with E-state index >= 15 is 0 Å². The lowest BCUT2D eigenvalue weighted by molar-refractivity contribution is 0.618. The Morgan fingerprint density at radius 3 is 2.48 bits per heavy atom. The van der Waals surface area contributed by atoms with E-state index in [2.05, 4.69) is 0 Å². The first-order valence-electron chi connectivity index (χ1n) is 7.19. The van der Waals surface area contributed by atoms with Gasteiger partial charge >= 0.3 is 0 Å². The van der Waals surface area contributed by atoms with E-state index in [4.69, 9.17) is 0 Å². The molecule has 2 nitrogen and oxygen atoms in total. The summed E-state index contributed by atoms with van der Waals surface area (Å²) in [5, 5.41) is 2.91. The number of fused-ring (bicyclic) bond motifs is 1. The summed E-state index contributed by atoms with van der Waals surface area (Å²) < 4.78 is 15.6. The number of halogens is 1. The van der Waals surface area contributed by atoms with Crippen LogP contribution in [0.4, 0.5) is 4.39 Å². The van der Waals surface area contributed by atoms with Crippen LogP contribution in [0.5, 0.6) is 0 Å². The highest BCUT2D eigenvalue weighted by Gasteiger charge is 2.14. The molecule has 4 rings (SSSR count). The number of hydrogen-bond donors (Lipinski definition) is 0. The number of nitrogens with zero attached hydrogens (tertiary/aromatic N) is 1. The molecule has 0 bridgehead atoms. The molecule has 0 fully saturated rings. The van der Waals surface area contributed by atoms with Gasteiger partial charge in [0.2, 0.25) is 0 Å². The van der Waals surface area contributed by atoms with Crippen molar-refractivity contribution in [3.8, 4) is 16.1 Å². The molecule has 0 aliphatic heterocycles. The van der Waals surface area contributed by atoms with Gasteiger partial charge in [0.15, 0.2) is 0 Å². The molecule has 0 aliphatic carbocycles. The first-order chi connectivity index (χ1) is 11.3. The number of rotatable bonds is 2. The maximum absolute atomic E-state index is 14.2. The number of aromatic nitrogens is 1. The van der Waals surface area contributed by atoms with Crippen LogP contribution in [0.25, 0.3) is 27.0 Å². The Labute approximate surface area is 136 Å². The van der Waals surface area contributed by atoms with E-state index in [9.17, 15) is 9.18 Å². The van der Waals surface area contributed by atoms with Crippen molar-refractivity contribution in [1.82, 2.24) is 4.57 Å². The molecular formula is C19H12FNOS. The van der Waals surface area contributed by atoms with Crippen LogP contribution in [0.1, 0.15) is 0 Å². The summed E-state index contributed by atoms with van der Waals surface area (Å²) in [6.07, 6.45) is 0. The molecule has 0 N–H and O–H groups in total. The first kappa shape index (κ1) is 13.9. The maximum atomic E-state index is 14.2. The van der Waals surface area contributed by atoms with Crippen molar-refractivity contribution in [3.05, 3.63) is 88.3 Å². The van der Waals surface area contributed by atoms with Crippen molar-refractivity contribution in [3.63, 3.8) is 0 Å². The van der Waals surface area contributed by atoms with Gasteiger partial charge < -0.3 is 0 Å². The number of pyridine rings is 1. The van der Waals surface area contributed by atoms with E-state index in [1.807, 2.05) is 41.8 Å². The van der Waals surface area contributed by atoms with Crippen LogP contribution in [0.15, 0.2) is 76.9 Å². The summed E-state index contributed by atoms with van der Waals surface area (Å²) in [5.41, 5.74) is 1.62. The molecule has 0 atom stereocenters. The molecule has 0 saturated heterocycles. The van der Waals surface area contributed by atoms with E-state index in [1.165, 1.54) is 10.6 Å². The molecule has 0 aliphatic rings. The summed E-state index contributed by atoms with van der Waals surface area (Å²) >= 11 is 1.58. The standard InChI is InChI=1S/C19H12FNOS/c20-15-7-2-4-9-17(15)21-16-8-3-1-6-13(16)14(12-19(21)22)18-10-5-11-23-18/h1-12H. The molecule has 2 aromatic heterocycles. The van der Waals surface area contributed by atoms with E-state index in [0.717, 1.165) is 15.8 Å². The van der Waals surface area contributed by atoms with Crippen LogP contribution in [0.3, 0.4) is 0 Å². The largest absolute Gasteiger partial charge is 0.274 e. The molecule has 0 amide bonds. The normalized spacial score (nSPS) is 11.0. The van der Waals surface area contributed by atoms with E-state index in [-0.39, 0.29) is 11.2 Å². The minimum atomic E-state index is -0.413. The van der Waals surface area contributed by atoms with Crippen LogP contribution in [0, 0.1) is 5.82 Å². The third-order valence-electron chi connectivity index (χ3n) is 3.80. The van der Waals surface area contributed by atoms with Crippen molar-refractivity contribution in [2.75, 3.05) is 0 Å². The predicted molar refractivity (Wildman–Crippen MR) is 92.8 cm³/mol. The Morgan fingerprint density at radius 1 is 0.913 bits per heavy atom. The second kappa shape index (κ2) is 5.48. The van der Waals surface area contributed by atoms with Crippen LogP contribution >= 0.6 is 11.3 Å². The molecule has 4 heteroatoms. The zero-order chi connectivity index (χ0) is 15.8. The third kappa shape index (κ3) is 2.28. The molecule has 0 radical (unpaired) electrons. The van der Waals surface area contributed by atoms with Crippen molar-refractivity contribution in [2.45, 2.75) is 0 Å². The molecule has 112 valence electrons. The lowest BCUT2D eigenvalue weighted by Gasteiger charge is -2.13. The highest BCUT2D eigenvalue weighted by molar-refractivity contribution is 7.13. The fourth-order valence-electron chi connectivity index (χ4n) is 2.80. The molecule has 23 heavy (non-hydrogen) atoms. The Kier molecular flexibility index (Phi) is 3.32. The summed E-state index contributed by atoms with van der Waals surface area (Å²) in [6.45, 7) is 0. The van der Waals surface area contributed by atoms with E-state index < -0.39 is 5.82 Å². The molecule has 2 heterocycles. The predicted octanol–water partition coefficient (Wildman–Crippen LogP) is 4.86. The summed E-state index contributed by atoms with van der Waals surface area (Å²) in [7, 11) is 0. The van der Waals surface area contributed by atoms with Gasteiger partial charge in [0.1, 0.15) is 5.82 Å². The van der Waals surface area contributed by atoms with E-state index in [1.54, 1.807) is 35.6 Å². The Balaban J connectivity index is 2.13. The SMILES string of the molecule is O=c1cc(-c2cccs2)c2ccccc2n1-c1ccccc1F. The van der Waals surface area contributed by atoms with E-state index in [0.29, 0.717) is 5.52 Å². The van der Waals surface area contributed by atoms with Crippen LogP contribution in [-0.4, -0.2) is 4.57 Å². The average Bonchev–Trinajstić information content (AvgIpc) is 3.10. The molecule has 0 unspecified atom stereocenters. The number of thiophene rings is 1. The summed E-state index contributed by atoms with van der Waals surface area (Å²) in [5.74, 6) is -0.413. The van der Waals surface area contributed by atoms with Crippen LogP contribution in [0.2, 0.25) is 0 Å². The van der Waals surface area contributed by atoms with Gasteiger partial charge in [-0.1, -0.05) is 36.4 Å². The smallest absolute Gasteiger partial charge is 0.256 e. The third-order valence-corrected chi connectivity index (χ3v) is 4.71. The van der Waals surface area contributed by atoms with Crippen LogP contribution < -0.4 is 5.56 Å². The minimum Gasteiger partial charge on any atom is -0.274 e. The van der Waals surface area contributed by atoms with Crippen molar-refractivity contribution in [2.24, 2.45) is 0 Å². The topological polar surface area (TPSA) is 22.0 Å². The molecular weight excluding hydrogens is 309 g/mol. The fraction of sp³-hybridized carbons (Fsp3) is 0. The lowest BCUT2D eigenvalue weighted by atomic mass is 10.1. The summed E-state index contributed by atoms with van der Waals surface area (Å²) in [4.78, 5) is 13.7. The van der Waals surface area contributed by atoms with Gasteiger partial charge in [-0.3, -0.25) is 9.36 Å². The lowest BCUT2D eigenvalue weighted by Crippen LogP contribution is -2.19. The summed E-state index contributed by atoms with van der Waals surface area (Å²) in [6, 6.07) is 19.4. The number of para-hydroxylation sites is 2. The molecule has 0 saturated carbocycles. The van der Waals surface area contributed by atoms with Crippen molar-refractivity contribution in [1.29, 1.82) is 0 Å². The molecule has 2 aromatic carbocycles. The quantitative estimate of drug-likeness (QED) is 0.517. The van der Waals surface area contributed by atoms with Gasteiger partial charge in [0.25, 0.3) is 5.56 Å². The second-order valence-corrected chi connectivity index (χ2v) is 6.13. The number of hydrogen-bond acceptors (Lipinski definition) is 2. The van der Waals surface area contributed by atoms with Gasteiger partial charge in [0, 0.05) is 21.9 Å². The van der Waals surface area contributed by atoms with Crippen molar-refractivity contribution < 1.29 is 4.39 Å². The Morgan fingerprint density at radius 2 is 1.70 bits per heavy atom. The van der Waals surface area contributed by atoms with Gasteiger partial charge in [-0.05, 0) is 29.6 Å².